The van der Waals surface area contributed by atoms with Crippen molar-refractivity contribution >= 4 is 39.3 Å². The Morgan fingerprint density at radius 1 is 1.15 bits per heavy atom. The van der Waals surface area contributed by atoms with Crippen molar-refractivity contribution in [3.05, 3.63) is 46.9 Å². The zero-order valence-corrected chi connectivity index (χ0v) is 15.7. The standard InChI is InChI=1S/C17H12BrN3O4S/c18-11-2-1-3-12(7-11)19-15(22)8-26-17-21-20-16(25-17)10-4-5-13-14(6-10)24-9-23-13/h1-7H,8-9H2,(H,19,22). The second-order valence-electron chi connectivity index (χ2n) is 5.29. The lowest BCUT2D eigenvalue weighted by molar-refractivity contribution is -0.113. The molecule has 1 aliphatic rings. The van der Waals surface area contributed by atoms with Crippen LogP contribution in [0.1, 0.15) is 0 Å². The van der Waals surface area contributed by atoms with Gasteiger partial charge in [0.1, 0.15) is 0 Å². The molecule has 0 saturated carbocycles. The highest BCUT2D eigenvalue weighted by atomic mass is 79.9. The number of rotatable bonds is 5. The molecule has 0 spiro atoms. The van der Waals surface area contributed by atoms with E-state index >= 15 is 0 Å². The third-order valence-corrected chi connectivity index (χ3v) is 4.77. The van der Waals surface area contributed by atoms with Gasteiger partial charge in [-0.3, -0.25) is 4.79 Å². The molecule has 1 N–H and O–H groups in total. The highest BCUT2D eigenvalue weighted by Crippen LogP contribution is 2.36. The molecule has 0 saturated heterocycles. The van der Waals surface area contributed by atoms with Gasteiger partial charge in [0.2, 0.25) is 18.6 Å². The fraction of sp³-hybridized carbons (Fsp3) is 0.118. The quantitative estimate of drug-likeness (QED) is 0.609. The molecule has 1 aromatic heterocycles. The molecule has 9 heteroatoms. The highest BCUT2D eigenvalue weighted by Gasteiger charge is 2.17. The van der Waals surface area contributed by atoms with Gasteiger partial charge in [-0.1, -0.05) is 33.8 Å². The highest BCUT2D eigenvalue weighted by molar-refractivity contribution is 9.10. The number of anilines is 1. The summed E-state index contributed by atoms with van der Waals surface area (Å²) in [6.07, 6.45) is 0. The van der Waals surface area contributed by atoms with Crippen molar-refractivity contribution in [2.45, 2.75) is 5.22 Å². The van der Waals surface area contributed by atoms with Crippen molar-refractivity contribution in [2.75, 3.05) is 17.9 Å². The number of fused-ring (bicyclic) bond motifs is 1. The third kappa shape index (κ3) is 3.83. The molecule has 0 aliphatic carbocycles. The molecule has 0 unspecified atom stereocenters. The number of halogens is 1. The van der Waals surface area contributed by atoms with Crippen LogP contribution >= 0.6 is 27.7 Å². The summed E-state index contributed by atoms with van der Waals surface area (Å²) in [5.41, 5.74) is 1.45. The molecule has 4 rings (SSSR count). The molecule has 7 nitrogen and oxygen atoms in total. The topological polar surface area (TPSA) is 86.5 Å². The van der Waals surface area contributed by atoms with Gasteiger partial charge in [-0.2, -0.15) is 0 Å². The summed E-state index contributed by atoms with van der Waals surface area (Å²) < 4.78 is 17.1. The van der Waals surface area contributed by atoms with Crippen LogP contribution in [0.2, 0.25) is 0 Å². The van der Waals surface area contributed by atoms with Crippen LogP contribution in [0.15, 0.2) is 56.6 Å². The zero-order valence-electron chi connectivity index (χ0n) is 13.3. The summed E-state index contributed by atoms with van der Waals surface area (Å²) >= 11 is 4.54. The lowest BCUT2D eigenvalue weighted by Gasteiger charge is -2.04. The Morgan fingerprint density at radius 2 is 2.04 bits per heavy atom. The minimum atomic E-state index is -0.157. The van der Waals surface area contributed by atoms with Crippen molar-refractivity contribution in [2.24, 2.45) is 0 Å². The average Bonchev–Trinajstić information content (AvgIpc) is 3.28. The van der Waals surface area contributed by atoms with Gasteiger partial charge in [-0.25, -0.2) is 0 Å². The van der Waals surface area contributed by atoms with Crippen molar-refractivity contribution in [1.82, 2.24) is 10.2 Å². The smallest absolute Gasteiger partial charge is 0.277 e. The first-order valence-electron chi connectivity index (χ1n) is 7.59. The van der Waals surface area contributed by atoms with Gasteiger partial charge in [0.05, 0.1) is 5.75 Å². The fourth-order valence-corrected chi connectivity index (χ4v) is 3.27. The Hall–Kier alpha value is -2.52. The first-order valence-corrected chi connectivity index (χ1v) is 9.37. The molecule has 26 heavy (non-hydrogen) atoms. The fourth-order valence-electron chi connectivity index (χ4n) is 2.30. The number of nitrogens with zero attached hydrogens (tertiary/aromatic N) is 2. The van der Waals surface area contributed by atoms with E-state index in [4.69, 9.17) is 13.9 Å². The number of carbonyl (C=O) groups excluding carboxylic acids is 1. The first kappa shape index (κ1) is 16.9. The molecule has 1 amide bonds. The van der Waals surface area contributed by atoms with Crippen LogP contribution in [0.5, 0.6) is 11.5 Å². The second-order valence-corrected chi connectivity index (χ2v) is 7.13. The number of hydrogen-bond donors (Lipinski definition) is 1. The molecular weight excluding hydrogens is 422 g/mol. The molecule has 0 fully saturated rings. The summed E-state index contributed by atoms with van der Waals surface area (Å²) in [5, 5.41) is 11.1. The Labute approximate surface area is 161 Å². The molecule has 1 aliphatic heterocycles. The number of ether oxygens (including phenoxy) is 2. The molecule has 2 aromatic carbocycles. The summed E-state index contributed by atoms with van der Waals surface area (Å²) in [7, 11) is 0. The molecular formula is C17H12BrN3O4S. The van der Waals surface area contributed by atoms with Gasteiger partial charge in [0.15, 0.2) is 11.5 Å². The van der Waals surface area contributed by atoms with Crippen LogP contribution in [-0.4, -0.2) is 28.7 Å². The number of aromatic nitrogens is 2. The zero-order chi connectivity index (χ0) is 17.9. The minimum absolute atomic E-state index is 0.157. The summed E-state index contributed by atoms with van der Waals surface area (Å²) in [6, 6.07) is 12.8. The van der Waals surface area contributed by atoms with Crippen LogP contribution in [0.25, 0.3) is 11.5 Å². The predicted octanol–water partition coefficient (Wildman–Crippen LogP) is 3.96. The van der Waals surface area contributed by atoms with Crippen LogP contribution in [0, 0.1) is 0 Å². The number of nitrogens with one attached hydrogen (secondary N) is 1. The Balaban J connectivity index is 1.37. The van der Waals surface area contributed by atoms with Gasteiger partial charge in [0.25, 0.3) is 5.22 Å². The van der Waals surface area contributed by atoms with Gasteiger partial charge in [-0.15, -0.1) is 10.2 Å². The number of amides is 1. The maximum Gasteiger partial charge on any atom is 0.277 e. The van der Waals surface area contributed by atoms with E-state index in [1.54, 1.807) is 12.1 Å². The predicted molar refractivity (Wildman–Crippen MR) is 99.4 cm³/mol. The van der Waals surface area contributed by atoms with Crippen LogP contribution in [0.4, 0.5) is 5.69 Å². The van der Waals surface area contributed by atoms with E-state index in [1.165, 1.54) is 11.8 Å². The summed E-state index contributed by atoms with van der Waals surface area (Å²) in [5.74, 6) is 1.69. The summed E-state index contributed by atoms with van der Waals surface area (Å²) in [4.78, 5) is 12.0. The molecule has 0 radical (unpaired) electrons. The minimum Gasteiger partial charge on any atom is -0.454 e. The number of hydrogen-bond acceptors (Lipinski definition) is 7. The van der Waals surface area contributed by atoms with Crippen LogP contribution in [0.3, 0.4) is 0 Å². The van der Waals surface area contributed by atoms with Crippen molar-refractivity contribution in [3.8, 4) is 23.0 Å². The Kier molecular flexibility index (Phi) is 4.81. The van der Waals surface area contributed by atoms with Crippen LogP contribution < -0.4 is 14.8 Å². The van der Waals surface area contributed by atoms with E-state index in [0.29, 0.717) is 22.6 Å². The second kappa shape index (κ2) is 7.38. The Morgan fingerprint density at radius 3 is 2.92 bits per heavy atom. The maximum absolute atomic E-state index is 12.0. The molecule has 0 atom stereocenters. The van der Waals surface area contributed by atoms with E-state index < -0.39 is 0 Å². The molecule has 0 bridgehead atoms. The number of thioether (sulfide) groups is 1. The number of benzene rings is 2. The average molecular weight is 434 g/mol. The SMILES string of the molecule is O=C(CSc1nnc(-c2ccc3c(c2)OCO3)o1)Nc1cccc(Br)c1. The van der Waals surface area contributed by atoms with Gasteiger partial charge >= 0.3 is 0 Å². The number of carbonyl (C=O) groups is 1. The van der Waals surface area contributed by atoms with Crippen molar-refractivity contribution in [3.63, 3.8) is 0 Å². The molecule has 3 aromatic rings. The summed E-state index contributed by atoms with van der Waals surface area (Å²) in [6.45, 7) is 0.205. The van der Waals surface area contributed by atoms with Crippen molar-refractivity contribution in [1.29, 1.82) is 0 Å². The van der Waals surface area contributed by atoms with E-state index in [2.05, 4.69) is 31.4 Å². The Bertz CT molecular complexity index is 963. The van der Waals surface area contributed by atoms with Gasteiger partial charge < -0.3 is 19.2 Å². The van der Waals surface area contributed by atoms with E-state index in [1.807, 2.05) is 30.3 Å². The van der Waals surface area contributed by atoms with E-state index in [0.717, 1.165) is 15.7 Å². The maximum atomic E-state index is 12.0. The largest absolute Gasteiger partial charge is 0.454 e. The van der Waals surface area contributed by atoms with E-state index in [-0.39, 0.29) is 18.5 Å². The molecule has 2 heterocycles. The normalized spacial score (nSPS) is 12.2. The molecule has 132 valence electrons. The van der Waals surface area contributed by atoms with Crippen LogP contribution in [-0.2, 0) is 4.79 Å². The van der Waals surface area contributed by atoms with Crippen molar-refractivity contribution < 1.29 is 18.7 Å². The van der Waals surface area contributed by atoms with Gasteiger partial charge in [0, 0.05) is 15.7 Å². The third-order valence-electron chi connectivity index (χ3n) is 3.46. The van der Waals surface area contributed by atoms with Gasteiger partial charge in [-0.05, 0) is 36.4 Å². The lowest BCUT2D eigenvalue weighted by Crippen LogP contribution is -2.13. The lowest BCUT2D eigenvalue weighted by atomic mass is 10.2. The monoisotopic (exact) mass is 433 g/mol. The first-order chi connectivity index (χ1) is 12.7. The van der Waals surface area contributed by atoms with E-state index in [9.17, 15) is 4.79 Å².